The van der Waals surface area contributed by atoms with E-state index in [4.69, 9.17) is 4.74 Å². The van der Waals surface area contributed by atoms with Crippen LogP contribution < -0.4 is 0 Å². The van der Waals surface area contributed by atoms with Gasteiger partial charge in [0.15, 0.2) is 5.78 Å². The molecule has 1 spiro atoms. The number of rotatable bonds is 0. The summed E-state index contributed by atoms with van der Waals surface area (Å²) in [5, 5.41) is 0. The minimum absolute atomic E-state index is 0.171. The monoisotopic (exact) mass is 251 g/mol. The van der Waals surface area contributed by atoms with Crippen molar-refractivity contribution in [3.8, 4) is 0 Å². The maximum absolute atomic E-state index is 12.2. The van der Waals surface area contributed by atoms with E-state index < -0.39 is 5.60 Å². The van der Waals surface area contributed by atoms with Crippen molar-refractivity contribution in [2.75, 3.05) is 13.1 Å². The van der Waals surface area contributed by atoms with Gasteiger partial charge in [0, 0.05) is 12.0 Å². The third-order valence-corrected chi connectivity index (χ3v) is 3.62. The number of allylic oxidation sites excluding steroid dienone is 2. The Morgan fingerprint density at radius 3 is 2.44 bits per heavy atom. The summed E-state index contributed by atoms with van der Waals surface area (Å²) in [6.07, 6.45) is 6.17. The SMILES string of the molecule is CC(C)(C)OC(=O)N1CCC2(CC=CC2)C(=O)C1. The second-order valence-corrected chi connectivity index (χ2v) is 6.24. The summed E-state index contributed by atoms with van der Waals surface area (Å²) >= 11 is 0. The van der Waals surface area contributed by atoms with Crippen LogP contribution in [0.5, 0.6) is 0 Å². The van der Waals surface area contributed by atoms with Crippen LogP contribution in [0.2, 0.25) is 0 Å². The Hall–Kier alpha value is -1.32. The number of Topliss-reactive ketones (excluding diaryl/α,β-unsaturated/α-hetero) is 1. The van der Waals surface area contributed by atoms with Gasteiger partial charge in [-0.25, -0.2) is 4.79 Å². The Labute approximate surface area is 108 Å². The molecule has 0 radical (unpaired) electrons. The van der Waals surface area contributed by atoms with Crippen molar-refractivity contribution >= 4 is 11.9 Å². The maximum Gasteiger partial charge on any atom is 0.410 e. The summed E-state index contributed by atoms with van der Waals surface area (Å²) in [4.78, 5) is 25.6. The van der Waals surface area contributed by atoms with Gasteiger partial charge in [0.05, 0.1) is 6.54 Å². The average molecular weight is 251 g/mol. The van der Waals surface area contributed by atoms with Crippen LogP contribution in [-0.2, 0) is 9.53 Å². The molecule has 0 saturated carbocycles. The third-order valence-electron chi connectivity index (χ3n) is 3.62. The van der Waals surface area contributed by atoms with Crippen LogP contribution in [0.1, 0.15) is 40.0 Å². The van der Waals surface area contributed by atoms with E-state index >= 15 is 0 Å². The largest absolute Gasteiger partial charge is 0.444 e. The van der Waals surface area contributed by atoms with E-state index in [1.807, 2.05) is 20.8 Å². The Balaban J connectivity index is 1.96. The zero-order valence-electron chi connectivity index (χ0n) is 11.4. The number of hydrogen-bond donors (Lipinski definition) is 0. The molecule has 1 heterocycles. The number of nitrogens with zero attached hydrogens (tertiary/aromatic N) is 1. The van der Waals surface area contributed by atoms with Crippen molar-refractivity contribution in [3.05, 3.63) is 12.2 Å². The van der Waals surface area contributed by atoms with Crippen molar-refractivity contribution in [1.82, 2.24) is 4.90 Å². The van der Waals surface area contributed by atoms with E-state index in [1.165, 1.54) is 4.90 Å². The molecular formula is C14H21NO3. The molecule has 1 amide bonds. The van der Waals surface area contributed by atoms with Gasteiger partial charge < -0.3 is 9.64 Å². The normalized spacial score (nSPS) is 22.6. The van der Waals surface area contributed by atoms with E-state index in [9.17, 15) is 9.59 Å². The molecule has 0 atom stereocenters. The molecule has 0 aromatic heterocycles. The molecule has 1 aliphatic heterocycles. The van der Waals surface area contributed by atoms with Gasteiger partial charge in [0.25, 0.3) is 0 Å². The molecule has 0 aromatic rings. The molecule has 1 fully saturated rings. The van der Waals surface area contributed by atoms with Gasteiger partial charge in [-0.05, 0) is 40.0 Å². The quantitative estimate of drug-likeness (QED) is 0.621. The fourth-order valence-corrected chi connectivity index (χ4v) is 2.52. The first-order valence-corrected chi connectivity index (χ1v) is 6.49. The van der Waals surface area contributed by atoms with Crippen molar-refractivity contribution in [3.63, 3.8) is 0 Å². The molecule has 0 bridgehead atoms. The number of piperidine rings is 1. The second kappa shape index (κ2) is 4.41. The lowest BCUT2D eigenvalue weighted by Crippen LogP contribution is -2.50. The zero-order chi connectivity index (χ0) is 13.4. The van der Waals surface area contributed by atoms with Crippen molar-refractivity contribution < 1.29 is 14.3 Å². The summed E-state index contributed by atoms with van der Waals surface area (Å²) < 4.78 is 5.30. The molecule has 1 aliphatic carbocycles. The van der Waals surface area contributed by atoms with Crippen LogP contribution in [0, 0.1) is 5.41 Å². The molecule has 4 nitrogen and oxygen atoms in total. The first-order chi connectivity index (χ1) is 8.32. The smallest absolute Gasteiger partial charge is 0.410 e. The van der Waals surface area contributed by atoms with Crippen LogP contribution >= 0.6 is 0 Å². The fourth-order valence-electron chi connectivity index (χ4n) is 2.52. The summed E-state index contributed by atoms with van der Waals surface area (Å²) in [6, 6.07) is 0. The van der Waals surface area contributed by atoms with Gasteiger partial charge in [-0.3, -0.25) is 4.79 Å². The molecule has 4 heteroatoms. The standard InChI is InChI=1S/C14H21NO3/c1-13(2,3)18-12(17)15-9-8-14(11(16)10-15)6-4-5-7-14/h4-5H,6-10H2,1-3H3. The van der Waals surface area contributed by atoms with Gasteiger partial charge in [0.1, 0.15) is 5.60 Å². The van der Waals surface area contributed by atoms with Gasteiger partial charge >= 0.3 is 6.09 Å². The van der Waals surface area contributed by atoms with Gasteiger partial charge in [0.2, 0.25) is 0 Å². The summed E-state index contributed by atoms with van der Waals surface area (Å²) in [5.74, 6) is 0.171. The van der Waals surface area contributed by atoms with Crippen LogP contribution in [0.4, 0.5) is 4.79 Å². The number of ether oxygens (including phenoxy) is 1. The zero-order valence-corrected chi connectivity index (χ0v) is 11.4. The Morgan fingerprint density at radius 2 is 1.94 bits per heavy atom. The van der Waals surface area contributed by atoms with Crippen LogP contribution in [0.3, 0.4) is 0 Å². The highest BCUT2D eigenvalue weighted by Crippen LogP contribution is 2.40. The molecule has 2 rings (SSSR count). The molecule has 0 N–H and O–H groups in total. The lowest BCUT2D eigenvalue weighted by molar-refractivity contribution is -0.133. The predicted molar refractivity (Wildman–Crippen MR) is 68.2 cm³/mol. The molecule has 0 aromatic carbocycles. The van der Waals surface area contributed by atoms with Crippen LogP contribution in [0.15, 0.2) is 12.2 Å². The lowest BCUT2D eigenvalue weighted by atomic mass is 9.75. The highest BCUT2D eigenvalue weighted by atomic mass is 16.6. The van der Waals surface area contributed by atoms with E-state index in [2.05, 4.69) is 12.2 Å². The van der Waals surface area contributed by atoms with Crippen molar-refractivity contribution in [2.24, 2.45) is 5.41 Å². The van der Waals surface area contributed by atoms with Crippen LogP contribution in [0.25, 0.3) is 0 Å². The first kappa shape index (κ1) is 13.1. The Kier molecular flexibility index (Phi) is 3.21. The van der Waals surface area contributed by atoms with Gasteiger partial charge in [-0.15, -0.1) is 0 Å². The first-order valence-electron chi connectivity index (χ1n) is 6.49. The minimum Gasteiger partial charge on any atom is -0.444 e. The van der Waals surface area contributed by atoms with E-state index in [0.717, 1.165) is 19.3 Å². The maximum atomic E-state index is 12.2. The number of ketones is 1. The summed E-state index contributed by atoms with van der Waals surface area (Å²) in [5.41, 5.74) is -0.733. The topological polar surface area (TPSA) is 46.6 Å². The highest BCUT2D eigenvalue weighted by Gasteiger charge is 2.43. The average Bonchev–Trinajstić information content (AvgIpc) is 2.69. The minimum atomic E-state index is -0.510. The predicted octanol–water partition coefficient (Wildman–Crippen LogP) is 2.53. The number of hydrogen-bond acceptors (Lipinski definition) is 3. The highest BCUT2D eigenvalue weighted by molar-refractivity contribution is 5.90. The van der Waals surface area contributed by atoms with E-state index in [1.54, 1.807) is 0 Å². The molecule has 100 valence electrons. The Bertz CT molecular complexity index is 384. The summed E-state index contributed by atoms with van der Waals surface area (Å²) in [6.45, 7) is 6.30. The number of amides is 1. The van der Waals surface area contributed by atoms with E-state index in [-0.39, 0.29) is 23.8 Å². The van der Waals surface area contributed by atoms with Gasteiger partial charge in [-0.1, -0.05) is 12.2 Å². The number of carbonyl (C=O) groups is 2. The van der Waals surface area contributed by atoms with Crippen LogP contribution in [-0.4, -0.2) is 35.5 Å². The third kappa shape index (κ3) is 2.57. The molecular weight excluding hydrogens is 230 g/mol. The number of likely N-dealkylation sites (tertiary alicyclic amines) is 1. The number of carbonyl (C=O) groups excluding carboxylic acids is 2. The van der Waals surface area contributed by atoms with E-state index in [0.29, 0.717) is 6.54 Å². The Morgan fingerprint density at radius 1 is 1.33 bits per heavy atom. The van der Waals surface area contributed by atoms with Gasteiger partial charge in [-0.2, -0.15) is 0 Å². The molecule has 18 heavy (non-hydrogen) atoms. The second-order valence-electron chi connectivity index (χ2n) is 6.24. The van der Waals surface area contributed by atoms with Crippen molar-refractivity contribution in [2.45, 2.75) is 45.6 Å². The van der Waals surface area contributed by atoms with Crippen molar-refractivity contribution in [1.29, 1.82) is 0 Å². The summed E-state index contributed by atoms with van der Waals surface area (Å²) in [7, 11) is 0. The molecule has 1 saturated heterocycles. The lowest BCUT2D eigenvalue weighted by Gasteiger charge is -2.38. The molecule has 2 aliphatic rings. The fraction of sp³-hybridized carbons (Fsp3) is 0.714. The molecule has 0 unspecified atom stereocenters.